The number of rotatable bonds is 16. The van der Waals surface area contributed by atoms with Crippen LogP contribution in [0.3, 0.4) is 0 Å². The van der Waals surface area contributed by atoms with E-state index in [4.69, 9.17) is 29.9 Å². The van der Waals surface area contributed by atoms with Crippen molar-refractivity contribution in [3.63, 3.8) is 0 Å². The van der Waals surface area contributed by atoms with Crippen LogP contribution in [0.1, 0.15) is 129 Å². The maximum atomic E-state index is 5.06. The van der Waals surface area contributed by atoms with Gasteiger partial charge in [0.25, 0.3) is 0 Å². The van der Waals surface area contributed by atoms with Gasteiger partial charge in [-0.05, 0) is 60.8 Å². The number of para-hydroxylation sites is 2. The van der Waals surface area contributed by atoms with Gasteiger partial charge in [-0.1, -0.05) is 289 Å². The van der Waals surface area contributed by atoms with Crippen LogP contribution in [0.15, 0.2) is 131 Å². The molecule has 0 unspecified atom stereocenters. The van der Waals surface area contributed by atoms with Crippen LogP contribution in [0.4, 0.5) is 22.7 Å². The minimum atomic E-state index is -1.11. The van der Waals surface area contributed by atoms with Gasteiger partial charge in [0.1, 0.15) is 0 Å². The predicted molar refractivity (Wildman–Crippen MR) is 321 cm³/mol. The second-order valence-corrected chi connectivity index (χ2v) is 42.2. The molecule has 376 valence electrons. The van der Waals surface area contributed by atoms with E-state index in [0.29, 0.717) is 23.7 Å². The SMILES string of the molecule is CC(/C=C(/C)[N-]c1c(C(C)C)cccc1C(C)C)=Nc1ccc([N-]/C(C)=C\C(C)=Nc2c(C(C)C)cccc2C(C)C)cc1.C[Si](C)(C)[N-][Si](C)(C)C.C[Si](C)(C)[N-][Si](C)(C)C.[Zn+2].[Zn+2].c1ccccc1. The summed E-state index contributed by atoms with van der Waals surface area (Å²) >= 11 is 0. The summed E-state index contributed by atoms with van der Waals surface area (Å²) < 4.78 is 9.64. The Morgan fingerprint density at radius 3 is 1.00 bits per heavy atom. The summed E-state index contributed by atoms with van der Waals surface area (Å²) in [6.07, 6.45) is 4.10. The van der Waals surface area contributed by atoms with Crippen molar-refractivity contribution in [1.82, 2.24) is 0 Å². The van der Waals surface area contributed by atoms with E-state index in [1.54, 1.807) is 0 Å². The normalized spacial score (nSPS) is 12.7. The molecule has 0 saturated heterocycles. The van der Waals surface area contributed by atoms with Crippen molar-refractivity contribution in [2.75, 3.05) is 0 Å². The van der Waals surface area contributed by atoms with Crippen LogP contribution >= 0.6 is 0 Å². The summed E-state index contributed by atoms with van der Waals surface area (Å²) in [7, 11) is -4.42. The number of allylic oxidation sites excluding steroid dienone is 4. The average molecular weight is 1120 g/mol. The molecular weight excluding hydrogens is 1020 g/mol. The summed E-state index contributed by atoms with van der Waals surface area (Å²) in [6, 6.07) is 33.1. The molecular formula is C58H94N6Si4Zn2. The molecule has 6 nitrogen and oxygen atoms in total. The van der Waals surface area contributed by atoms with Gasteiger partial charge in [0.15, 0.2) is 0 Å². The van der Waals surface area contributed by atoms with E-state index in [2.05, 4.69) is 183 Å². The molecule has 4 aromatic carbocycles. The second-order valence-electron chi connectivity index (χ2n) is 23.1. The van der Waals surface area contributed by atoms with Crippen molar-refractivity contribution in [1.29, 1.82) is 0 Å². The number of hydrogen-bond acceptors (Lipinski definition) is 2. The molecule has 0 saturated carbocycles. The topological polar surface area (TPSA) is 81.1 Å². The van der Waals surface area contributed by atoms with Crippen molar-refractivity contribution in [3.05, 3.63) is 163 Å². The first-order valence-electron chi connectivity index (χ1n) is 24.9. The van der Waals surface area contributed by atoms with E-state index in [-0.39, 0.29) is 39.0 Å². The molecule has 0 heterocycles. The van der Waals surface area contributed by atoms with E-state index in [9.17, 15) is 0 Å². The Hall–Kier alpha value is -2.67. The van der Waals surface area contributed by atoms with Gasteiger partial charge < -0.3 is 19.9 Å². The monoisotopic (exact) mass is 1110 g/mol. The molecule has 0 atom stereocenters. The molecule has 0 aromatic heterocycles. The third kappa shape index (κ3) is 31.0. The van der Waals surface area contributed by atoms with Crippen LogP contribution in [0.25, 0.3) is 19.9 Å². The van der Waals surface area contributed by atoms with Gasteiger partial charge in [-0.3, -0.25) is 9.98 Å². The fourth-order valence-corrected chi connectivity index (χ4v) is 23.9. The zero-order valence-electron chi connectivity index (χ0n) is 48.8. The molecule has 0 bridgehead atoms. The zero-order valence-corrected chi connectivity index (χ0v) is 58.7. The van der Waals surface area contributed by atoms with Crippen molar-refractivity contribution >= 4 is 67.1 Å². The molecule has 4 aromatic rings. The molecule has 12 heteroatoms. The minimum absolute atomic E-state index is 0. The van der Waals surface area contributed by atoms with Crippen LogP contribution < -0.4 is 0 Å². The number of nitrogens with zero attached hydrogens (tertiary/aromatic N) is 6. The molecule has 0 aliphatic carbocycles. The second kappa shape index (κ2) is 32.5. The van der Waals surface area contributed by atoms with E-state index in [1.807, 2.05) is 88.4 Å². The van der Waals surface area contributed by atoms with E-state index in [1.165, 1.54) is 22.3 Å². The summed E-state index contributed by atoms with van der Waals surface area (Å²) in [5, 5.41) is 9.88. The summed E-state index contributed by atoms with van der Waals surface area (Å²) in [5.41, 5.74) is 12.8. The fourth-order valence-electron chi connectivity index (χ4n) is 7.77. The van der Waals surface area contributed by atoms with Crippen molar-refractivity contribution in [2.45, 2.75) is 185 Å². The van der Waals surface area contributed by atoms with Gasteiger partial charge in [0.2, 0.25) is 0 Å². The van der Waals surface area contributed by atoms with Gasteiger partial charge in [0.05, 0.1) is 11.4 Å². The van der Waals surface area contributed by atoms with Crippen LogP contribution in [0.5, 0.6) is 0 Å². The van der Waals surface area contributed by atoms with E-state index in [0.717, 1.165) is 45.6 Å². The average Bonchev–Trinajstić information content (AvgIpc) is 3.17. The van der Waals surface area contributed by atoms with Gasteiger partial charge in [-0.15, -0.1) is 11.4 Å². The first-order chi connectivity index (χ1) is 31.2. The van der Waals surface area contributed by atoms with Gasteiger partial charge >= 0.3 is 39.0 Å². The first-order valence-corrected chi connectivity index (χ1v) is 38.7. The largest absolute Gasteiger partial charge is 2.00 e. The first kappa shape index (κ1) is 69.4. The maximum absolute atomic E-state index is 5.06. The van der Waals surface area contributed by atoms with Gasteiger partial charge in [-0.2, -0.15) is 11.4 Å². The van der Waals surface area contributed by atoms with Crippen LogP contribution in [-0.2, 0) is 39.0 Å². The summed E-state index contributed by atoms with van der Waals surface area (Å²) in [4.78, 5) is 9.88. The quantitative estimate of drug-likeness (QED) is 0.0791. The Labute approximate surface area is 460 Å². The zero-order chi connectivity index (χ0) is 52.2. The van der Waals surface area contributed by atoms with Gasteiger partial charge in [0, 0.05) is 11.4 Å². The molecule has 0 amide bonds. The van der Waals surface area contributed by atoms with Gasteiger partial charge in [-0.25, -0.2) is 0 Å². The third-order valence-corrected chi connectivity index (χ3v) is 20.3. The Kier molecular flexibility index (Phi) is 32.2. The Morgan fingerprint density at radius 2 is 0.700 bits per heavy atom. The van der Waals surface area contributed by atoms with Crippen molar-refractivity contribution in [3.8, 4) is 0 Å². The summed E-state index contributed by atoms with van der Waals surface area (Å²) in [6.45, 7) is 53.5. The minimum Gasteiger partial charge on any atom is -0.668 e. The molecule has 0 aliphatic heterocycles. The van der Waals surface area contributed by atoms with Crippen LogP contribution in [0.2, 0.25) is 78.6 Å². The van der Waals surface area contributed by atoms with Crippen LogP contribution in [0, 0.1) is 0 Å². The molecule has 0 spiro atoms. The van der Waals surface area contributed by atoms with E-state index >= 15 is 0 Å². The summed E-state index contributed by atoms with van der Waals surface area (Å²) in [5.74, 6) is 1.64. The number of aliphatic imine (C=N–C) groups is 2. The smallest absolute Gasteiger partial charge is 0.668 e. The predicted octanol–water partition coefficient (Wildman–Crippen LogP) is 21.3. The maximum Gasteiger partial charge on any atom is 2.00 e. The molecule has 0 N–H and O–H groups in total. The number of benzene rings is 4. The molecule has 4 rings (SSSR count). The Bertz CT molecular complexity index is 2090. The molecule has 70 heavy (non-hydrogen) atoms. The molecule has 0 radical (unpaired) electrons. The molecule has 0 fully saturated rings. The molecule has 0 aliphatic rings. The van der Waals surface area contributed by atoms with E-state index < -0.39 is 32.9 Å². The fraction of sp³-hybridized carbons (Fsp3) is 0.483. The van der Waals surface area contributed by atoms with Crippen LogP contribution in [-0.4, -0.2) is 44.4 Å². The standard InChI is InChI=1S/C40H52N4.2C6H18NSi2.C6H6.2Zn/c1-25(2)35-15-13-16-36(26(3)4)39(35)43-31(11)23-29(9)41-33-19-21-34(22-20-33)42-30(10)24-32(12)44-40-37(27(5)6)17-14-18-38(40)28(7)8;2*1-8(2,3)7-9(4,5)6;1-2-4-6-5-3-1;;/h13-28H,1-12H3;2*1-6H3;1-6H;;/q-2;2*-1;;2*+2/b29-23-,32-24-,42-30?,43-31?;;;;;. The number of hydrogen-bond donors (Lipinski definition) is 0. The van der Waals surface area contributed by atoms with Crippen molar-refractivity contribution in [2.24, 2.45) is 9.98 Å². The third-order valence-electron chi connectivity index (χ3n) is 9.57. The Balaban J connectivity index is 0. The Morgan fingerprint density at radius 1 is 0.400 bits per heavy atom. The van der Waals surface area contributed by atoms with Crippen molar-refractivity contribution < 1.29 is 39.0 Å².